The Kier molecular flexibility index (Phi) is 4.32. The molecule has 1 amide bonds. The predicted octanol–water partition coefficient (Wildman–Crippen LogP) is 2.98. The van der Waals surface area contributed by atoms with Gasteiger partial charge in [0.05, 0.1) is 0 Å². The third-order valence-corrected chi connectivity index (χ3v) is 5.50. The van der Waals surface area contributed by atoms with Crippen molar-refractivity contribution in [1.82, 2.24) is 4.90 Å². The second-order valence-corrected chi connectivity index (χ2v) is 6.81. The van der Waals surface area contributed by atoms with Crippen LogP contribution in [-0.2, 0) is 9.59 Å². The molecule has 3 aliphatic rings. The summed E-state index contributed by atoms with van der Waals surface area (Å²) in [5, 5.41) is 9.50. The van der Waals surface area contributed by atoms with Crippen LogP contribution >= 0.6 is 0 Å². The predicted molar refractivity (Wildman–Crippen MR) is 79.7 cm³/mol. The lowest BCUT2D eigenvalue weighted by atomic mass is 9.76. The van der Waals surface area contributed by atoms with E-state index in [1.165, 1.54) is 6.42 Å². The second-order valence-electron chi connectivity index (χ2n) is 6.81. The van der Waals surface area contributed by atoms with Crippen molar-refractivity contribution < 1.29 is 14.7 Å². The minimum absolute atomic E-state index is 0.0653. The fraction of sp³-hybridized carbons (Fsp3) is 0.765. The Hall–Kier alpha value is -1.32. The second kappa shape index (κ2) is 6.20. The van der Waals surface area contributed by atoms with E-state index >= 15 is 0 Å². The first-order valence-electron chi connectivity index (χ1n) is 8.37. The van der Waals surface area contributed by atoms with Crippen LogP contribution in [0.15, 0.2) is 12.2 Å². The number of carbonyl (C=O) groups is 2. The monoisotopic (exact) mass is 291 g/mol. The van der Waals surface area contributed by atoms with Gasteiger partial charge in [-0.2, -0.15) is 0 Å². The van der Waals surface area contributed by atoms with Crippen molar-refractivity contribution in [2.75, 3.05) is 0 Å². The average molecular weight is 291 g/mol. The smallest absolute Gasteiger partial charge is 0.326 e. The highest BCUT2D eigenvalue weighted by Crippen LogP contribution is 2.39. The van der Waals surface area contributed by atoms with Crippen molar-refractivity contribution in [2.45, 2.75) is 69.9 Å². The summed E-state index contributed by atoms with van der Waals surface area (Å²) in [4.78, 5) is 26.1. The number of aliphatic carboxylic acids is 1. The minimum Gasteiger partial charge on any atom is -0.480 e. The molecule has 1 aliphatic heterocycles. The van der Waals surface area contributed by atoms with Gasteiger partial charge < -0.3 is 10.0 Å². The van der Waals surface area contributed by atoms with Crippen molar-refractivity contribution >= 4 is 11.9 Å². The van der Waals surface area contributed by atoms with Crippen LogP contribution in [0.5, 0.6) is 0 Å². The minimum atomic E-state index is -0.825. The molecule has 0 bridgehead atoms. The number of likely N-dealkylation sites (tertiary alicyclic amines) is 1. The van der Waals surface area contributed by atoms with Gasteiger partial charge in [0.15, 0.2) is 0 Å². The third-order valence-electron chi connectivity index (χ3n) is 5.50. The number of fused-ring (bicyclic) bond motifs is 1. The zero-order valence-electron chi connectivity index (χ0n) is 12.5. The number of allylic oxidation sites excluding steroid dienone is 2. The van der Waals surface area contributed by atoms with Gasteiger partial charge >= 0.3 is 5.97 Å². The first-order chi connectivity index (χ1) is 10.2. The van der Waals surface area contributed by atoms with Gasteiger partial charge in [-0.05, 0) is 50.4 Å². The van der Waals surface area contributed by atoms with Crippen LogP contribution in [0.4, 0.5) is 0 Å². The van der Waals surface area contributed by atoms with E-state index < -0.39 is 12.0 Å². The van der Waals surface area contributed by atoms with Crippen molar-refractivity contribution in [2.24, 2.45) is 11.8 Å². The number of piperidine rings is 1. The zero-order chi connectivity index (χ0) is 14.8. The largest absolute Gasteiger partial charge is 0.480 e. The molecule has 4 unspecified atom stereocenters. The number of nitrogens with zero attached hydrogens (tertiary/aromatic N) is 1. The zero-order valence-corrected chi connectivity index (χ0v) is 12.5. The molecule has 2 fully saturated rings. The summed E-state index contributed by atoms with van der Waals surface area (Å²) in [6, 6.07) is -0.422. The molecule has 1 saturated heterocycles. The number of rotatable bonds is 3. The number of amides is 1. The molecule has 21 heavy (non-hydrogen) atoms. The summed E-state index contributed by atoms with van der Waals surface area (Å²) in [5.74, 6) is 0.0817. The van der Waals surface area contributed by atoms with Gasteiger partial charge in [0.25, 0.3) is 0 Å². The van der Waals surface area contributed by atoms with E-state index in [2.05, 4.69) is 12.2 Å². The summed E-state index contributed by atoms with van der Waals surface area (Å²) in [6.45, 7) is 0. The molecule has 4 atom stereocenters. The molecular weight excluding hydrogens is 266 g/mol. The fourth-order valence-corrected chi connectivity index (χ4v) is 4.43. The summed E-state index contributed by atoms with van der Waals surface area (Å²) in [6.07, 6.45) is 12.9. The molecule has 0 aromatic heterocycles. The van der Waals surface area contributed by atoms with E-state index in [9.17, 15) is 14.7 Å². The normalized spacial score (nSPS) is 35.5. The summed E-state index contributed by atoms with van der Waals surface area (Å²) < 4.78 is 0. The van der Waals surface area contributed by atoms with Crippen LogP contribution in [0.1, 0.15) is 57.8 Å². The molecule has 0 spiro atoms. The van der Waals surface area contributed by atoms with Gasteiger partial charge in [-0.1, -0.05) is 25.0 Å². The Bertz CT molecular complexity index is 445. The Morgan fingerprint density at radius 2 is 1.90 bits per heavy atom. The molecule has 4 heteroatoms. The van der Waals surface area contributed by atoms with Gasteiger partial charge in [-0.25, -0.2) is 4.79 Å². The SMILES string of the molecule is O=C(O)C1CCC2CCCCC2N1C(=O)CC1C=CCC1. The van der Waals surface area contributed by atoms with Gasteiger partial charge in [0.1, 0.15) is 6.04 Å². The number of hydrogen-bond donors (Lipinski definition) is 1. The molecule has 2 aliphatic carbocycles. The number of carboxylic acid groups (broad SMARTS) is 1. The Morgan fingerprint density at radius 3 is 2.62 bits per heavy atom. The summed E-state index contributed by atoms with van der Waals surface area (Å²) >= 11 is 0. The summed E-state index contributed by atoms with van der Waals surface area (Å²) in [7, 11) is 0. The molecule has 1 saturated carbocycles. The van der Waals surface area contributed by atoms with Crippen molar-refractivity contribution in [1.29, 1.82) is 0 Å². The maximum Gasteiger partial charge on any atom is 0.326 e. The molecular formula is C17H25NO3. The number of hydrogen-bond acceptors (Lipinski definition) is 2. The molecule has 4 nitrogen and oxygen atoms in total. The van der Waals surface area contributed by atoms with Crippen LogP contribution in [-0.4, -0.2) is 34.0 Å². The lowest BCUT2D eigenvalue weighted by Crippen LogP contribution is -2.57. The van der Waals surface area contributed by atoms with Crippen molar-refractivity contribution in [3.05, 3.63) is 12.2 Å². The molecule has 0 radical (unpaired) electrons. The Labute approximate surface area is 126 Å². The van der Waals surface area contributed by atoms with Gasteiger partial charge in [0.2, 0.25) is 5.91 Å². The fourth-order valence-electron chi connectivity index (χ4n) is 4.43. The highest BCUT2D eigenvalue weighted by atomic mass is 16.4. The van der Waals surface area contributed by atoms with Crippen LogP contribution in [0, 0.1) is 11.8 Å². The topological polar surface area (TPSA) is 57.6 Å². The molecule has 3 rings (SSSR count). The average Bonchev–Trinajstić information content (AvgIpc) is 2.98. The van der Waals surface area contributed by atoms with Gasteiger partial charge in [0, 0.05) is 12.5 Å². The molecule has 0 aromatic carbocycles. The van der Waals surface area contributed by atoms with Crippen LogP contribution in [0.25, 0.3) is 0 Å². The maximum atomic E-state index is 12.8. The molecule has 1 heterocycles. The van der Waals surface area contributed by atoms with Crippen molar-refractivity contribution in [3.63, 3.8) is 0 Å². The number of carboxylic acids is 1. The first-order valence-corrected chi connectivity index (χ1v) is 8.37. The van der Waals surface area contributed by atoms with Crippen LogP contribution < -0.4 is 0 Å². The summed E-state index contributed by atoms with van der Waals surface area (Å²) in [5.41, 5.74) is 0. The Morgan fingerprint density at radius 1 is 1.10 bits per heavy atom. The highest BCUT2D eigenvalue weighted by Gasteiger charge is 2.43. The third kappa shape index (κ3) is 2.99. The van der Waals surface area contributed by atoms with E-state index in [1.54, 1.807) is 4.90 Å². The molecule has 116 valence electrons. The van der Waals surface area contributed by atoms with E-state index in [1.807, 2.05) is 0 Å². The van der Waals surface area contributed by atoms with Gasteiger partial charge in [-0.15, -0.1) is 0 Å². The van der Waals surface area contributed by atoms with Gasteiger partial charge in [-0.3, -0.25) is 4.79 Å². The van der Waals surface area contributed by atoms with E-state index in [0.717, 1.165) is 38.5 Å². The molecule has 1 N–H and O–H groups in total. The van der Waals surface area contributed by atoms with E-state index in [-0.39, 0.29) is 11.9 Å². The maximum absolute atomic E-state index is 12.8. The lowest BCUT2D eigenvalue weighted by molar-refractivity contribution is -0.158. The number of carbonyl (C=O) groups excluding carboxylic acids is 1. The standard InChI is InChI=1S/C17H25NO3/c19-16(11-12-5-1-2-6-12)18-14-8-4-3-7-13(14)9-10-15(18)17(20)21/h1,5,12-15H,2-4,6-11H2,(H,20,21). The van der Waals surface area contributed by atoms with E-state index in [4.69, 9.17) is 0 Å². The quantitative estimate of drug-likeness (QED) is 0.813. The van der Waals surface area contributed by atoms with Crippen molar-refractivity contribution in [3.8, 4) is 0 Å². The Balaban J connectivity index is 1.76. The highest BCUT2D eigenvalue weighted by molar-refractivity contribution is 5.84. The van der Waals surface area contributed by atoms with E-state index in [0.29, 0.717) is 24.7 Å². The van der Waals surface area contributed by atoms with Crippen LogP contribution in [0.2, 0.25) is 0 Å². The first kappa shape index (κ1) is 14.6. The van der Waals surface area contributed by atoms with Crippen LogP contribution in [0.3, 0.4) is 0 Å². The molecule has 0 aromatic rings. The lowest BCUT2D eigenvalue weighted by Gasteiger charge is -2.47.